The molecular weight excluding hydrogens is 328 g/mol. The largest absolute Gasteiger partial charge is 0.461 e. The van der Waals surface area contributed by atoms with Crippen LogP contribution < -0.4 is 9.47 Å². The molecule has 3 aromatic rings. The molecule has 0 amide bonds. The van der Waals surface area contributed by atoms with E-state index in [0.29, 0.717) is 5.75 Å². The monoisotopic (exact) mass is 346 g/mol. The third-order valence-electron chi connectivity index (χ3n) is 4.25. The molecule has 0 saturated carbocycles. The average Bonchev–Trinajstić information content (AvgIpc) is 3.15. The molecule has 0 spiro atoms. The van der Waals surface area contributed by atoms with Crippen molar-refractivity contribution in [2.24, 2.45) is 0 Å². The summed E-state index contributed by atoms with van der Waals surface area (Å²) in [5, 5.41) is 0. The van der Waals surface area contributed by atoms with E-state index in [1.807, 2.05) is 60.7 Å². The van der Waals surface area contributed by atoms with Gasteiger partial charge >= 0.3 is 5.97 Å². The molecule has 130 valence electrons. The van der Waals surface area contributed by atoms with Crippen LogP contribution in [0.2, 0.25) is 0 Å². The number of hydrogen-bond donors (Lipinski definition) is 0. The van der Waals surface area contributed by atoms with Crippen LogP contribution in [0.5, 0.6) is 11.5 Å². The summed E-state index contributed by atoms with van der Waals surface area (Å²) >= 11 is 0. The third kappa shape index (κ3) is 3.70. The van der Waals surface area contributed by atoms with Gasteiger partial charge in [-0.05, 0) is 34.4 Å². The SMILES string of the molecule is O=C(Cc1ccc(-c2ccccc2)cc1)OCc1ccc2c(c1)OCO2. The number of ether oxygens (including phenoxy) is 3. The predicted molar refractivity (Wildman–Crippen MR) is 97.9 cm³/mol. The van der Waals surface area contributed by atoms with Gasteiger partial charge in [-0.15, -0.1) is 0 Å². The molecule has 1 aliphatic rings. The summed E-state index contributed by atoms with van der Waals surface area (Å²) in [5.74, 6) is 1.16. The lowest BCUT2D eigenvalue weighted by Crippen LogP contribution is -2.08. The van der Waals surface area contributed by atoms with E-state index in [2.05, 4.69) is 12.1 Å². The van der Waals surface area contributed by atoms with Crippen LogP contribution in [0.15, 0.2) is 72.8 Å². The van der Waals surface area contributed by atoms with Crippen molar-refractivity contribution in [3.05, 3.63) is 83.9 Å². The van der Waals surface area contributed by atoms with Crippen molar-refractivity contribution in [3.63, 3.8) is 0 Å². The smallest absolute Gasteiger partial charge is 0.310 e. The molecule has 1 aliphatic heterocycles. The summed E-state index contributed by atoms with van der Waals surface area (Å²) in [4.78, 5) is 12.1. The lowest BCUT2D eigenvalue weighted by atomic mass is 10.0. The van der Waals surface area contributed by atoms with E-state index in [4.69, 9.17) is 14.2 Å². The molecule has 0 saturated heterocycles. The number of benzene rings is 3. The first-order chi connectivity index (χ1) is 12.8. The van der Waals surface area contributed by atoms with E-state index in [0.717, 1.165) is 28.0 Å². The van der Waals surface area contributed by atoms with Gasteiger partial charge in [0.2, 0.25) is 6.79 Å². The standard InChI is InChI=1S/C22H18O4/c23-22(24-14-17-8-11-20-21(12-17)26-15-25-20)13-16-6-9-19(10-7-16)18-4-2-1-3-5-18/h1-12H,13-15H2. The molecule has 0 unspecified atom stereocenters. The molecular formula is C22H18O4. The van der Waals surface area contributed by atoms with Gasteiger partial charge in [0.15, 0.2) is 11.5 Å². The van der Waals surface area contributed by atoms with Crippen LogP contribution in [0.4, 0.5) is 0 Å². The second kappa shape index (κ2) is 7.31. The van der Waals surface area contributed by atoms with Gasteiger partial charge in [0.25, 0.3) is 0 Å². The van der Waals surface area contributed by atoms with Gasteiger partial charge in [0.1, 0.15) is 6.61 Å². The van der Waals surface area contributed by atoms with Crippen LogP contribution in [0, 0.1) is 0 Å². The lowest BCUT2D eigenvalue weighted by Gasteiger charge is -2.07. The molecule has 26 heavy (non-hydrogen) atoms. The van der Waals surface area contributed by atoms with Crippen molar-refractivity contribution in [3.8, 4) is 22.6 Å². The summed E-state index contributed by atoms with van der Waals surface area (Å²) < 4.78 is 16.0. The number of carbonyl (C=O) groups is 1. The molecule has 0 N–H and O–H groups in total. The predicted octanol–water partition coefficient (Wildman–Crippen LogP) is 4.37. The van der Waals surface area contributed by atoms with E-state index in [1.54, 1.807) is 0 Å². The highest BCUT2D eigenvalue weighted by molar-refractivity contribution is 5.73. The molecule has 0 bridgehead atoms. The van der Waals surface area contributed by atoms with Gasteiger partial charge in [-0.25, -0.2) is 0 Å². The first-order valence-corrected chi connectivity index (χ1v) is 8.46. The Morgan fingerprint density at radius 1 is 0.808 bits per heavy atom. The molecule has 4 heteroatoms. The molecule has 0 aliphatic carbocycles. The zero-order valence-corrected chi connectivity index (χ0v) is 14.2. The number of rotatable bonds is 5. The van der Waals surface area contributed by atoms with Crippen molar-refractivity contribution in [1.82, 2.24) is 0 Å². The number of fused-ring (bicyclic) bond motifs is 1. The molecule has 1 heterocycles. The van der Waals surface area contributed by atoms with E-state index in [9.17, 15) is 4.79 Å². The Morgan fingerprint density at radius 3 is 2.31 bits per heavy atom. The second-order valence-corrected chi connectivity index (χ2v) is 6.09. The van der Waals surface area contributed by atoms with Crippen molar-refractivity contribution >= 4 is 5.97 Å². The van der Waals surface area contributed by atoms with Crippen LogP contribution in [-0.2, 0) is 22.6 Å². The van der Waals surface area contributed by atoms with Crippen LogP contribution >= 0.6 is 0 Å². The lowest BCUT2D eigenvalue weighted by molar-refractivity contribution is -0.144. The highest BCUT2D eigenvalue weighted by Crippen LogP contribution is 2.32. The van der Waals surface area contributed by atoms with Gasteiger partial charge in [-0.3, -0.25) is 4.79 Å². The minimum Gasteiger partial charge on any atom is -0.461 e. The first-order valence-electron chi connectivity index (χ1n) is 8.46. The quantitative estimate of drug-likeness (QED) is 0.644. The van der Waals surface area contributed by atoms with Crippen LogP contribution in [0.1, 0.15) is 11.1 Å². The maximum absolute atomic E-state index is 12.1. The molecule has 0 aromatic heterocycles. The van der Waals surface area contributed by atoms with Gasteiger partial charge < -0.3 is 14.2 Å². The van der Waals surface area contributed by atoms with E-state index >= 15 is 0 Å². The van der Waals surface area contributed by atoms with Gasteiger partial charge in [0, 0.05) is 0 Å². The Morgan fingerprint density at radius 2 is 1.50 bits per heavy atom. The number of carbonyl (C=O) groups excluding carboxylic acids is 1. The van der Waals surface area contributed by atoms with Crippen LogP contribution in [0.25, 0.3) is 11.1 Å². The zero-order chi connectivity index (χ0) is 17.8. The molecule has 4 nitrogen and oxygen atoms in total. The van der Waals surface area contributed by atoms with Gasteiger partial charge in [-0.1, -0.05) is 60.7 Å². The Labute approximate surface area is 152 Å². The molecule has 0 radical (unpaired) electrons. The van der Waals surface area contributed by atoms with Crippen LogP contribution in [0.3, 0.4) is 0 Å². The summed E-state index contributed by atoms with van der Waals surface area (Å²) in [6.07, 6.45) is 0.250. The highest BCUT2D eigenvalue weighted by Gasteiger charge is 2.14. The minimum atomic E-state index is -0.255. The normalized spacial score (nSPS) is 12.0. The third-order valence-corrected chi connectivity index (χ3v) is 4.25. The summed E-state index contributed by atoms with van der Waals surface area (Å²) in [5.41, 5.74) is 4.09. The van der Waals surface area contributed by atoms with E-state index in [1.165, 1.54) is 0 Å². The van der Waals surface area contributed by atoms with Crippen molar-refractivity contribution in [2.75, 3.05) is 6.79 Å². The summed E-state index contributed by atoms with van der Waals surface area (Å²) in [6, 6.07) is 23.7. The molecule has 3 aromatic carbocycles. The second-order valence-electron chi connectivity index (χ2n) is 6.09. The average molecular weight is 346 g/mol. The maximum Gasteiger partial charge on any atom is 0.310 e. The Hall–Kier alpha value is -3.27. The molecule has 0 atom stereocenters. The number of esters is 1. The van der Waals surface area contributed by atoms with E-state index < -0.39 is 0 Å². The van der Waals surface area contributed by atoms with Crippen molar-refractivity contribution in [1.29, 1.82) is 0 Å². The fourth-order valence-corrected chi connectivity index (χ4v) is 2.86. The highest BCUT2D eigenvalue weighted by atomic mass is 16.7. The number of hydrogen-bond acceptors (Lipinski definition) is 4. The van der Waals surface area contributed by atoms with Gasteiger partial charge in [0.05, 0.1) is 6.42 Å². The van der Waals surface area contributed by atoms with Gasteiger partial charge in [-0.2, -0.15) is 0 Å². The molecule has 4 rings (SSSR count). The molecule has 0 fully saturated rings. The van der Waals surface area contributed by atoms with Crippen molar-refractivity contribution in [2.45, 2.75) is 13.0 Å². The fourth-order valence-electron chi connectivity index (χ4n) is 2.86. The Bertz CT molecular complexity index is 901. The minimum absolute atomic E-state index is 0.220. The topological polar surface area (TPSA) is 44.8 Å². The first kappa shape index (κ1) is 16.2. The Kier molecular flexibility index (Phi) is 4.56. The fraction of sp³-hybridized carbons (Fsp3) is 0.136. The summed E-state index contributed by atoms with van der Waals surface area (Å²) in [7, 11) is 0. The Balaban J connectivity index is 1.33. The zero-order valence-electron chi connectivity index (χ0n) is 14.2. The van der Waals surface area contributed by atoms with Crippen LogP contribution in [-0.4, -0.2) is 12.8 Å². The maximum atomic E-state index is 12.1. The summed E-state index contributed by atoms with van der Waals surface area (Å²) in [6.45, 7) is 0.453. The van der Waals surface area contributed by atoms with E-state index in [-0.39, 0.29) is 25.8 Å². The van der Waals surface area contributed by atoms with Crippen molar-refractivity contribution < 1.29 is 19.0 Å².